The topological polar surface area (TPSA) is 78.4 Å². The molecule has 0 aliphatic heterocycles. The molecule has 108 valence electrons. The van der Waals surface area contributed by atoms with Crippen LogP contribution in [0.3, 0.4) is 0 Å². The predicted molar refractivity (Wildman–Crippen MR) is 80.0 cm³/mol. The third kappa shape index (κ3) is 4.50. The number of halogens is 1. The molecule has 0 atom stereocenters. The molecule has 6 heteroatoms. The van der Waals surface area contributed by atoms with E-state index in [1.165, 1.54) is 12.1 Å². The van der Waals surface area contributed by atoms with Gasteiger partial charge in [-0.15, -0.1) is 0 Å². The summed E-state index contributed by atoms with van der Waals surface area (Å²) in [5.74, 6) is -1.35. The molecule has 21 heavy (non-hydrogen) atoms. The van der Waals surface area contributed by atoms with E-state index < -0.39 is 11.8 Å². The zero-order valence-electron chi connectivity index (χ0n) is 11.0. The molecule has 5 nitrogen and oxygen atoms in total. The Kier molecular flexibility index (Phi) is 4.79. The second-order valence-corrected chi connectivity index (χ2v) is 4.75. The van der Waals surface area contributed by atoms with Crippen LogP contribution in [0.4, 0.5) is 5.69 Å². The summed E-state index contributed by atoms with van der Waals surface area (Å²) in [4.78, 5) is 23.3. The Labute approximate surface area is 126 Å². The van der Waals surface area contributed by atoms with Crippen molar-refractivity contribution in [2.45, 2.75) is 6.54 Å². The van der Waals surface area contributed by atoms with Crippen LogP contribution < -0.4 is 10.6 Å². The summed E-state index contributed by atoms with van der Waals surface area (Å²) in [6, 6.07) is 12.8. The zero-order valence-corrected chi connectivity index (χ0v) is 11.7. The van der Waals surface area contributed by atoms with E-state index in [0.29, 0.717) is 10.7 Å². The predicted octanol–water partition coefficient (Wildman–Crippen LogP) is 2.30. The van der Waals surface area contributed by atoms with E-state index in [1.54, 1.807) is 36.4 Å². The molecule has 2 aromatic carbocycles. The number of anilines is 1. The minimum Gasteiger partial charge on any atom is -0.508 e. The first-order valence-electron chi connectivity index (χ1n) is 6.17. The summed E-state index contributed by atoms with van der Waals surface area (Å²) in [7, 11) is 0. The molecule has 2 aromatic rings. The molecule has 2 amide bonds. The average Bonchev–Trinajstić information content (AvgIpc) is 2.48. The van der Waals surface area contributed by atoms with Gasteiger partial charge in [-0.25, -0.2) is 0 Å². The minimum atomic E-state index is -0.754. The molecule has 0 radical (unpaired) electrons. The highest BCUT2D eigenvalue weighted by Crippen LogP contribution is 2.13. The van der Waals surface area contributed by atoms with E-state index in [1.807, 2.05) is 0 Å². The lowest BCUT2D eigenvalue weighted by Crippen LogP contribution is -2.34. The first kappa shape index (κ1) is 14.9. The third-order valence-corrected chi connectivity index (χ3v) is 2.95. The molecule has 0 aliphatic carbocycles. The number of nitrogens with one attached hydrogen (secondary N) is 2. The summed E-state index contributed by atoms with van der Waals surface area (Å²) < 4.78 is 0. The number of aromatic hydroxyl groups is 1. The Morgan fingerprint density at radius 2 is 1.57 bits per heavy atom. The molecule has 0 fully saturated rings. The number of amides is 2. The Morgan fingerprint density at radius 3 is 2.19 bits per heavy atom. The van der Waals surface area contributed by atoms with Crippen LogP contribution in [-0.4, -0.2) is 16.9 Å². The van der Waals surface area contributed by atoms with Gasteiger partial charge in [0.2, 0.25) is 0 Å². The highest BCUT2D eigenvalue weighted by molar-refractivity contribution is 6.39. The third-order valence-electron chi connectivity index (χ3n) is 2.70. The molecular formula is C15H13ClN2O3. The van der Waals surface area contributed by atoms with Crippen molar-refractivity contribution < 1.29 is 14.7 Å². The Hall–Kier alpha value is -2.53. The molecule has 0 aromatic heterocycles. The van der Waals surface area contributed by atoms with Crippen molar-refractivity contribution in [3.05, 3.63) is 59.1 Å². The van der Waals surface area contributed by atoms with Crippen molar-refractivity contribution in [3.63, 3.8) is 0 Å². The molecule has 0 saturated heterocycles. The van der Waals surface area contributed by atoms with Crippen LogP contribution in [0.1, 0.15) is 5.56 Å². The van der Waals surface area contributed by atoms with Gasteiger partial charge in [-0.1, -0.05) is 23.7 Å². The first-order valence-corrected chi connectivity index (χ1v) is 6.55. The van der Waals surface area contributed by atoms with Gasteiger partial charge in [-0.2, -0.15) is 0 Å². The maximum Gasteiger partial charge on any atom is 0.313 e. The molecule has 0 heterocycles. The van der Waals surface area contributed by atoms with Crippen molar-refractivity contribution >= 4 is 29.1 Å². The summed E-state index contributed by atoms with van der Waals surface area (Å²) in [5.41, 5.74) is 1.27. The van der Waals surface area contributed by atoms with Crippen molar-refractivity contribution in [2.75, 3.05) is 5.32 Å². The molecule has 3 N–H and O–H groups in total. The molecule has 0 unspecified atom stereocenters. The molecule has 0 aliphatic rings. The van der Waals surface area contributed by atoms with Crippen molar-refractivity contribution in [1.82, 2.24) is 5.32 Å². The number of rotatable bonds is 3. The summed E-state index contributed by atoms with van der Waals surface area (Å²) in [6.45, 7) is 0.202. The second kappa shape index (κ2) is 6.76. The number of phenolic OH excluding ortho intramolecular Hbond substituents is 1. The number of hydrogen-bond donors (Lipinski definition) is 3. The fourth-order valence-electron chi connectivity index (χ4n) is 1.60. The largest absolute Gasteiger partial charge is 0.508 e. The van der Waals surface area contributed by atoms with Crippen LogP contribution in [0.15, 0.2) is 48.5 Å². The van der Waals surface area contributed by atoms with E-state index in [0.717, 1.165) is 5.56 Å². The molecular weight excluding hydrogens is 292 g/mol. The van der Waals surface area contributed by atoms with E-state index >= 15 is 0 Å². The summed E-state index contributed by atoms with van der Waals surface area (Å²) >= 11 is 5.73. The fraction of sp³-hybridized carbons (Fsp3) is 0.0667. The van der Waals surface area contributed by atoms with Gasteiger partial charge in [0.1, 0.15) is 5.75 Å². The van der Waals surface area contributed by atoms with Gasteiger partial charge in [0.05, 0.1) is 0 Å². The summed E-state index contributed by atoms with van der Waals surface area (Å²) in [5, 5.41) is 14.6. The minimum absolute atomic E-state index is 0.144. The number of phenols is 1. The number of carbonyl (C=O) groups is 2. The van der Waals surface area contributed by atoms with Crippen LogP contribution in [0.5, 0.6) is 5.75 Å². The quantitative estimate of drug-likeness (QED) is 0.761. The van der Waals surface area contributed by atoms with Crippen LogP contribution in [0, 0.1) is 0 Å². The van der Waals surface area contributed by atoms with Crippen LogP contribution >= 0.6 is 11.6 Å². The van der Waals surface area contributed by atoms with Gasteiger partial charge in [-0.05, 0) is 42.0 Å². The fourth-order valence-corrected chi connectivity index (χ4v) is 1.72. The monoisotopic (exact) mass is 304 g/mol. The lowest BCUT2D eigenvalue weighted by Gasteiger charge is -2.07. The number of hydrogen-bond acceptors (Lipinski definition) is 3. The average molecular weight is 305 g/mol. The van der Waals surface area contributed by atoms with E-state index in [-0.39, 0.29) is 12.3 Å². The van der Waals surface area contributed by atoms with Gasteiger partial charge in [0.15, 0.2) is 0 Å². The van der Waals surface area contributed by atoms with Gasteiger partial charge in [-0.3, -0.25) is 9.59 Å². The second-order valence-electron chi connectivity index (χ2n) is 4.31. The highest BCUT2D eigenvalue weighted by atomic mass is 35.5. The van der Waals surface area contributed by atoms with Gasteiger partial charge in [0, 0.05) is 17.3 Å². The Balaban J connectivity index is 1.86. The molecule has 0 spiro atoms. The molecule has 0 saturated carbocycles. The zero-order chi connectivity index (χ0) is 15.2. The van der Waals surface area contributed by atoms with Crippen molar-refractivity contribution in [1.29, 1.82) is 0 Å². The van der Waals surface area contributed by atoms with Crippen LogP contribution in [0.2, 0.25) is 5.02 Å². The smallest absolute Gasteiger partial charge is 0.313 e. The van der Waals surface area contributed by atoms with E-state index in [4.69, 9.17) is 16.7 Å². The maximum atomic E-state index is 11.7. The normalized spacial score (nSPS) is 9.95. The number of carbonyl (C=O) groups excluding carboxylic acids is 2. The number of benzene rings is 2. The maximum absolute atomic E-state index is 11.7. The Bertz CT molecular complexity index is 639. The van der Waals surface area contributed by atoms with E-state index in [9.17, 15) is 9.59 Å². The lowest BCUT2D eigenvalue weighted by atomic mass is 10.2. The van der Waals surface area contributed by atoms with Gasteiger partial charge in [0.25, 0.3) is 0 Å². The lowest BCUT2D eigenvalue weighted by molar-refractivity contribution is -0.136. The van der Waals surface area contributed by atoms with E-state index in [2.05, 4.69) is 10.6 Å². The highest BCUT2D eigenvalue weighted by Gasteiger charge is 2.13. The molecule has 2 rings (SSSR count). The SMILES string of the molecule is O=C(NCc1ccc(O)cc1)C(=O)Nc1ccc(Cl)cc1. The molecule has 0 bridgehead atoms. The van der Waals surface area contributed by atoms with Crippen molar-refractivity contribution in [2.24, 2.45) is 0 Å². The van der Waals surface area contributed by atoms with Gasteiger partial charge < -0.3 is 15.7 Å². The Morgan fingerprint density at radius 1 is 0.952 bits per heavy atom. The van der Waals surface area contributed by atoms with Crippen LogP contribution in [-0.2, 0) is 16.1 Å². The van der Waals surface area contributed by atoms with Crippen molar-refractivity contribution in [3.8, 4) is 5.75 Å². The van der Waals surface area contributed by atoms with Gasteiger partial charge >= 0.3 is 11.8 Å². The first-order chi connectivity index (χ1) is 10.0. The standard InChI is InChI=1S/C15H13ClN2O3/c16-11-3-5-12(6-4-11)18-15(21)14(20)17-9-10-1-7-13(19)8-2-10/h1-8,19H,9H2,(H,17,20)(H,18,21). The van der Waals surface area contributed by atoms with Crippen LogP contribution in [0.25, 0.3) is 0 Å². The summed E-state index contributed by atoms with van der Waals surface area (Å²) in [6.07, 6.45) is 0.